The number of phenolic OH excluding ortho intramolecular Hbond substituents is 1. The van der Waals surface area contributed by atoms with Gasteiger partial charge in [0.2, 0.25) is 5.95 Å². The van der Waals surface area contributed by atoms with Crippen molar-refractivity contribution in [1.82, 2.24) is 9.55 Å². The van der Waals surface area contributed by atoms with Gasteiger partial charge in [-0.25, -0.2) is 4.98 Å². The molecule has 0 saturated carbocycles. The van der Waals surface area contributed by atoms with Gasteiger partial charge in [0.05, 0.1) is 11.9 Å². The van der Waals surface area contributed by atoms with Crippen molar-refractivity contribution in [2.24, 2.45) is 7.05 Å². The van der Waals surface area contributed by atoms with Crippen molar-refractivity contribution in [1.29, 1.82) is 0 Å². The Hall–Kier alpha value is -3.24. The summed E-state index contributed by atoms with van der Waals surface area (Å²) in [5.41, 5.74) is 5.21. The van der Waals surface area contributed by atoms with E-state index in [1.54, 1.807) is 18.2 Å². The van der Waals surface area contributed by atoms with Gasteiger partial charge in [-0.05, 0) is 34.9 Å². The highest BCUT2D eigenvalue weighted by Crippen LogP contribution is 2.27. The zero-order valence-corrected chi connectivity index (χ0v) is 16.2. The third-order valence-electron chi connectivity index (χ3n) is 4.75. The van der Waals surface area contributed by atoms with Crippen LogP contribution in [0.3, 0.4) is 0 Å². The molecule has 0 radical (unpaired) electrons. The van der Waals surface area contributed by atoms with Gasteiger partial charge in [-0.2, -0.15) is 0 Å². The molecular weight excluding hydrogens is 370 g/mol. The van der Waals surface area contributed by atoms with Crippen LogP contribution in [0.25, 0.3) is 22.4 Å². The van der Waals surface area contributed by atoms with Crippen LogP contribution in [0.15, 0.2) is 79.0 Å². The lowest BCUT2D eigenvalue weighted by Crippen LogP contribution is -2.06. The molecule has 0 bridgehead atoms. The fourth-order valence-electron chi connectivity index (χ4n) is 3.18. The van der Waals surface area contributed by atoms with Crippen LogP contribution >= 0.6 is 11.6 Å². The zero-order chi connectivity index (χ0) is 19.5. The number of hydrogen-bond acceptors (Lipinski definition) is 3. The van der Waals surface area contributed by atoms with Crippen molar-refractivity contribution in [2.45, 2.75) is 6.54 Å². The Labute approximate surface area is 169 Å². The summed E-state index contributed by atoms with van der Waals surface area (Å²) >= 11 is 6.01. The first kappa shape index (κ1) is 18.1. The molecular formula is C23H20ClN3O. The van der Waals surface area contributed by atoms with Crippen molar-refractivity contribution in [3.8, 4) is 28.1 Å². The third kappa shape index (κ3) is 3.73. The molecule has 0 saturated heterocycles. The summed E-state index contributed by atoms with van der Waals surface area (Å²) in [6.45, 7) is 0.434. The number of anilines is 1. The molecule has 140 valence electrons. The summed E-state index contributed by atoms with van der Waals surface area (Å²) in [6, 6.07) is 23.8. The van der Waals surface area contributed by atoms with E-state index >= 15 is 0 Å². The SMILES string of the molecule is Cn1c(-c2ccc(-c3ccccc3)cc2)cnc1NCc1cc(Cl)ccc1O. The van der Waals surface area contributed by atoms with Crippen molar-refractivity contribution >= 4 is 17.5 Å². The first-order valence-electron chi connectivity index (χ1n) is 9.00. The number of nitrogens with one attached hydrogen (secondary N) is 1. The number of halogens is 1. The lowest BCUT2D eigenvalue weighted by atomic mass is 10.0. The Morgan fingerprint density at radius 1 is 0.929 bits per heavy atom. The van der Waals surface area contributed by atoms with Crippen LogP contribution in [0, 0.1) is 0 Å². The van der Waals surface area contributed by atoms with Gasteiger partial charge in [-0.1, -0.05) is 66.2 Å². The standard InChI is InChI=1S/C23H20ClN3O/c1-27-21(18-9-7-17(8-10-18)16-5-3-2-4-6-16)15-26-23(27)25-14-19-13-20(24)11-12-22(19)28/h2-13,15,28H,14H2,1H3,(H,25,26). The molecule has 1 aromatic heterocycles. The van der Waals surface area contributed by atoms with Crippen molar-refractivity contribution in [2.75, 3.05) is 5.32 Å². The molecule has 3 aromatic carbocycles. The lowest BCUT2D eigenvalue weighted by Gasteiger charge is -2.10. The van der Waals surface area contributed by atoms with E-state index in [4.69, 9.17) is 11.6 Å². The van der Waals surface area contributed by atoms with Gasteiger partial charge >= 0.3 is 0 Å². The fraction of sp³-hybridized carbons (Fsp3) is 0.0870. The Morgan fingerprint density at radius 3 is 2.36 bits per heavy atom. The molecule has 0 aliphatic carbocycles. The van der Waals surface area contributed by atoms with E-state index in [9.17, 15) is 5.11 Å². The van der Waals surface area contributed by atoms with Crippen LogP contribution < -0.4 is 5.32 Å². The molecule has 0 spiro atoms. The van der Waals surface area contributed by atoms with Crippen LogP contribution in [-0.4, -0.2) is 14.7 Å². The highest BCUT2D eigenvalue weighted by atomic mass is 35.5. The fourth-order valence-corrected chi connectivity index (χ4v) is 3.37. The van der Waals surface area contributed by atoms with Gasteiger partial charge in [0.1, 0.15) is 5.75 Å². The maximum Gasteiger partial charge on any atom is 0.203 e. The smallest absolute Gasteiger partial charge is 0.203 e. The summed E-state index contributed by atoms with van der Waals surface area (Å²) in [7, 11) is 1.97. The molecule has 0 amide bonds. The van der Waals surface area contributed by atoms with Crippen molar-refractivity contribution in [3.63, 3.8) is 0 Å². The molecule has 0 atom stereocenters. The minimum absolute atomic E-state index is 0.211. The molecule has 4 nitrogen and oxygen atoms in total. The van der Waals surface area contributed by atoms with E-state index in [0.717, 1.165) is 22.8 Å². The summed E-state index contributed by atoms with van der Waals surface area (Å²) in [6.07, 6.45) is 1.84. The predicted octanol–water partition coefficient (Wildman–Crippen LogP) is 5.73. The molecule has 28 heavy (non-hydrogen) atoms. The monoisotopic (exact) mass is 389 g/mol. The van der Waals surface area contributed by atoms with E-state index < -0.39 is 0 Å². The second-order valence-electron chi connectivity index (χ2n) is 6.60. The number of aromatic nitrogens is 2. The van der Waals surface area contributed by atoms with E-state index in [2.05, 4.69) is 46.7 Å². The van der Waals surface area contributed by atoms with Crippen LogP contribution in [0.1, 0.15) is 5.56 Å². The van der Waals surface area contributed by atoms with E-state index in [0.29, 0.717) is 11.6 Å². The number of aromatic hydroxyl groups is 1. The van der Waals surface area contributed by atoms with E-state index in [1.165, 1.54) is 11.1 Å². The van der Waals surface area contributed by atoms with Crippen LogP contribution in [-0.2, 0) is 13.6 Å². The summed E-state index contributed by atoms with van der Waals surface area (Å²) in [5, 5.41) is 13.8. The lowest BCUT2D eigenvalue weighted by molar-refractivity contribution is 0.469. The quantitative estimate of drug-likeness (QED) is 0.458. The highest BCUT2D eigenvalue weighted by molar-refractivity contribution is 6.30. The number of hydrogen-bond donors (Lipinski definition) is 2. The first-order valence-corrected chi connectivity index (χ1v) is 9.38. The summed E-state index contributed by atoms with van der Waals surface area (Å²) < 4.78 is 2.00. The predicted molar refractivity (Wildman–Crippen MR) is 115 cm³/mol. The molecule has 4 rings (SSSR count). The molecule has 0 unspecified atom stereocenters. The Bertz CT molecular complexity index is 1090. The van der Waals surface area contributed by atoms with Crippen molar-refractivity contribution < 1.29 is 5.11 Å². The molecule has 0 fully saturated rings. The molecule has 0 aliphatic heterocycles. The van der Waals surface area contributed by atoms with Crippen LogP contribution in [0.5, 0.6) is 5.75 Å². The second kappa shape index (κ2) is 7.79. The molecule has 2 N–H and O–H groups in total. The Kier molecular flexibility index (Phi) is 5.04. The second-order valence-corrected chi connectivity index (χ2v) is 7.03. The molecule has 1 heterocycles. The largest absolute Gasteiger partial charge is 0.508 e. The maximum absolute atomic E-state index is 9.96. The maximum atomic E-state index is 9.96. The number of benzene rings is 3. The van der Waals surface area contributed by atoms with Gasteiger partial charge in [-0.3, -0.25) is 0 Å². The minimum atomic E-state index is 0.211. The average Bonchev–Trinajstić information content (AvgIpc) is 3.10. The topological polar surface area (TPSA) is 50.1 Å². The van der Waals surface area contributed by atoms with Crippen molar-refractivity contribution in [3.05, 3.63) is 89.6 Å². The zero-order valence-electron chi connectivity index (χ0n) is 15.4. The van der Waals surface area contributed by atoms with E-state index in [1.807, 2.05) is 36.0 Å². The summed E-state index contributed by atoms with van der Waals surface area (Å²) in [5.74, 6) is 0.935. The Morgan fingerprint density at radius 2 is 1.61 bits per heavy atom. The molecule has 5 heteroatoms. The number of nitrogens with zero attached hydrogens (tertiary/aromatic N) is 2. The number of phenols is 1. The summed E-state index contributed by atoms with van der Waals surface area (Å²) in [4.78, 5) is 4.48. The first-order chi connectivity index (χ1) is 13.6. The molecule has 0 aliphatic rings. The average molecular weight is 390 g/mol. The minimum Gasteiger partial charge on any atom is -0.508 e. The van der Waals surface area contributed by atoms with Gasteiger partial charge in [0, 0.05) is 24.2 Å². The normalized spacial score (nSPS) is 10.8. The third-order valence-corrected chi connectivity index (χ3v) is 4.99. The van der Waals surface area contributed by atoms with Crippen LogP contribution in [0.2, 0.25) is 5.02 Å². The number of rotatable bonds is 5. The highest BCUT2D eigenvalue weighted by Gasteiger charge is 2.10. The van der Waals surface area contributed by atoms with Crippen LogP contribution in [0.4, 0.5) is 5.95 Å². The van der Waals surface area contributed by atoms with E-state index in [-0.39, 0.29) is 5.75 Å². The van der Waals surface area contributed by atoms with Gasteiger partial charge in [0.15, 0.2) is 0 Å². The molecule has 4 aromatic rings. The number of imidazole rings is 1. The van der Waals surface area contributed by atoms with Gasteiger partial charge in [0.25, 0.3) is 0 Å². The Balaban J connectivity index is 1.52. The van der Waals surface area contributed by atoms with Gasteiger partial charge < -0.3 is 15.0 Å². The van der Waals surface area contributed by atoms with Gasteiger partial charge in [-0.15, -0.1) is 0 Å².